The molecule has 1 heteroatoms. The van der Waals surface area contributed by atoms with Gasteiger partial charge in [-0.1, -0.05) is 46.0 Å². The SMILES string of the molecule is CCCC1CCC([C@H]2CC[C@](F)(CCC)CC2)CC1. The van der Waals surface area contributed by atoms with Crippen LogP contribution in [-0.4, -0.2) is 5.67 Å². The van der Waals surface area contributed by atoms with Gasteiger partial charge in [0.15, 0.2) is 0 Å². The third-order valence-corrected chi connectivity index (χ3v) is 5.88. The highest BCUT2D eigenvalue weighted by molar-refractivity contribution is 4.89. The van der Waals surface area contributed by atoms with Gasteiger partial charge in [-0.25, -0.2) is 4.39 Å². The fraction of sp³-hybridized carbons (Fsp3) is 1.00. The van der Waals surface area contributed by atoms with E-state index in [0.29, 0.717) is 0 Å². The van der Waals surface area contributed by atoms with Gasteiger partial charge in [-0.15, -0.1) is 0 Å². The standard InChI is InChI=1S/C18H33F/c1-3-5-15-6-8-16(9-7-15)17-10-13-18(19,12-4-2)14-11-17/h15-17H,3-14H2,1-2H3/t15?,16?,17-,18+. The van der Waals surface area contributed by atoms with E-state index in [4.69, 9.17) is 0 Å². The van der Waals surface area contributed by atoms with Gasteiger partial charge in [-0.05, 0) is 62.7 Å². The summed E-state index contributed by atoms with van der Waals surface area (Å²) >= 11 is 0. The largest absolute Gasteiger partial charge is 0.244 e. The normalized spacial score (nSPS) is 40.3. The van der Waals surface area contributed by atoms with Crippen LogP contribution >= 0.6 is 0 Å². The Balaban J connectivity index is 1.73. The van der Waals surface area contributed by atoms with Crippen LogP contribution in [0.4, 0.5) is 4.39 Å². The lowest BCUT2D eigenvalue weighted by molar-refractivity contribution is 0.0471. The maximum atomic E-state index is 14.5. The first kappa shape index (κ1) is 15.3. The molecule has 0 amide bonds. The van der Waals surface area contributed by atoms with Crippen LogP contribution in [0.15, 0.2) is 0 Å². The molecule has 0 aliphatic heterocycles. The molecule has 19 heavy (non-hydrogen) atoms. The predicted molar refractivity (Wildman–Crippen MR) is 81.1 cm³/mol. The molecule has 112 valence electrons. The van der Waals surface area contributed by atoms with E-state index in [0.717, 1.165) is 43.4 Å². The summed E-state index contributed by atoms with van der Waals surface area (Å²) in [6.45, 7) is 4.42. The maximum Gasteiger partial charge on any atom is 0.111 e. The lowest BCUT2D eigenvalue weighted by Crippen LogP contribution is -2.33. The van der Waals surface area contributed by atoms with Crippen molar-refractivity contribution in [2.75, 3.05) is 0 Å². The summed E-state index contributed by atoms with van der Waals surface area (Å²) in [7, 11) is 0. The second kappa shape index (κ2) is 7.09. The molecule has 0 spiro atoms. The molecule has 0 unspecified atom stereocenters. The van der Waals surface area contributed by atoms with Gasteiger partial charge >= 0.3 is 0 Å². The molecule has 0 aromatic carbocycles. The van der Waals surface area contributed by atoms with Gasteiger partial charge in [0.05, 0.1) is 0 Å². The fourth-order valence-electron chi connectivity index (χ4n) is 4.68. The zero-order valence-electron chi connectivity index (χ0n) is 13.1. The first-order valence-electron chi connectivity index (χ1n) is 8.85. The summed E-state index contributed by atoms with van der Waals surface area (Å²) < 4.78 is 14.5. The molecule has 2 saturated carbocycles. The summed E-state index contributed by atoms with van der Waals surface area (Å²) in [5.74, 6) is 2.78. The summed E-state index contributed by atoms with van der Waals surface area (Å²) in [6.07, 6.45) is 14.4. The molecular weight excluding hydrogens is 235 g/mol. The highest BCUT2D eigenvalue weighted by Gasteiger charge is 2.37. The average molecular weight is 268 g/mol. The third kappa shape index (κ3) is 4.20. The highest BCUT2D eigenvalue weighted by Crippen LogP contribution is 2.45. The Bertz CT molecular complexity index is 244. The quantitative estimate of drug-likeness (QED) is 0.549. The lowest BCUT2D eigenvalue weighted by Gasteiger charge is -2.40. The molecule has 2 aliphatic carbocycles. The molecule has 0 saturated heterocycles. The van der Waals surface area contributed by atoms with Crippen molar-refractivity contribution in [1.82, 2.24) is 0 Å². The summed E-state index contributed by atoms with van der Waals surface area (Å²) in [5, 5.41) is 0. The van der Waals surface area contributed by atoms with E-state index in [1.807, 2.05) is 0 Å². The lowest BCUT2D eigenvalue weighted by atomic mass is 9.67. The minimum absolute atomic E-state index is 0.795. The zero-order chi connectivity index (χ0) is 13.7. The van der Waals surface area contributed by atoms with E-state index in [1.165, 1.54) is 51.4 Å². The van der Waals surface area contributed by atoms with Gasteiger partial charge in [-0.3, -0.25) is 0 Å². The average Bonchev–Trinajstić information content (AvgIpc) is 2.41. The molecule has 2 fully saturated rings. The summed E-state index contributed by atoms with van der Waals surface area (Å²) in [4.78, 5) is 0. The number of alkyl halides is 1. The van der Waals surface area contributed by atoms with Crippen molar-refractivity contribution in [3.05, 3.63) is 0 Å². The Hall–Kier alpha value is -0.0700. The van der Waals surface area contributed by atoms with Crippen LogP contribution in [0.2, 0.25) is 0 Å². The number of halogens is 1. The molecule has 0 aromatic rings. The van der Waals surface area contributed by atoms with Gasteiger partial charge in [0.2, 0.25) is 0 Å². The van der Waals surface area contributed by atoms with Crippen molar-refractivity contribution in [3.8, 4) is 0 Å². The van der Waals surface area contributed by atoms with Crippen LogP contribution < -0.4 is 0 Å². The van der Waals surface area contributed by atoms with Crippen molar-refractivity contribution in [1.29, 1.82) is 0 Å². The van der Waals surface area contributed by atoms with Crippen molar-refractivity contribution in [2.24, 2.45) is 17.8 Å². The van der Waals surface area contributed by atoms with E-state index in [-0.39, 0.29) is 0 Å². The third-order valence-electron chi connectivity index (χ3n) is 5.88. The Morgan fingerprint density at radius 1 is 0.842 bits per heavy atom. The van der Waals surface area contributed by atoms with Crippen molar-refractivity contribution in [2.45, 2.75) is 96.6 Å². The van der Waals surface area contributed by atoms with Gasteiger partial charge in [0.1, 0.15) is 5.67 Å². The molecule has 0 radical (unpaired) electrons. The van der Waals surface area contributed by atoms with Gasteiger partial charge in [0, 0.05) is 0 Å². The van der Waals surface area contributed by atoms with Gasteiger partial charge < -0.3 is 0 Å². The molecule has 0 N–H and O–H groups in total. The maximum absolute atomic E-state index is 14.5. The second-order valence-corrected chi connectivity index (χ2v) is 7.31. The molecule has 0 atom stereocenters. The highest BCUT2D eigenvalue weighted by atomic mass is 19.1. The molecule has 0 heterocycles. The first-order valence-corrected chi connectivity index (χ1v) is 8.85. The Kier molecular flexibility index (Phi) is 5.71. The fourth-order valence-corrected chi connectivity index (χ4v) is 4.68. The van der Waals surface area contributed by atoms with Crippen molar-refractivity contribution >= 4 is 0 Å². The van der Waals surface area contributed by atoms with Gasteiger partial charge in [0.25, 0.3) is 0 Å². The molecule has 0 nitrogen and oxygen atoms in total. The monoisotopic (exact) mass is 268 g/mol. The van der Waals surface area contributed by atoms with Crippen LogP contribution in [0.1, 0.15) is 90.9 Å². The van der Waals surface area contributed by atoms with Crippen LogP contribution in [-0.2, 0) is 0 Å². The van der Waals surface area contributed by atoms with Crippen LogP contribution in [0, 0.1) is 17.8 Å². The van der Waals surface area contributed by atoms with E-state index < -0.39 is 5.67 Å². The van der Waals surface area contributed by atoms with Crippen LogP contribution in [0.5, 0.6) is 0 Å². The zero-order valence-corrected chi connectivity index (χ0v) is 13.1. The summed E-state index contributed by atoms with van der Waals surface area (Å²) in [5.41, 5.74) is -0.801. The summed E-state index contributed by atoms with van der Waals surface area (Å²) in [6, 6.07) is 0. The molecule has 0 bridgehead atoms. The Labute approximate surface area is 119 Å². The number of hydrogen-bond acceptors (Lipinski definition) is 0. The molecule has 0 aromatic heterocycles. The molecule has 2 rings (SSSR count). The topological polar surface area (TPSA) is 0 Å². The van der Waals surface area contributed by atoms with E-state index in [9.17, 15) is 4.39 Å². The van der Waals surface area contributed by atoms with Crippen LogP contribution in [0.25, 0.3) is 0 Å². The van der Waals surface area contributed by atoms with Crippen molar-refractivity contribution in [3.63, 3.8) is 0 Å². The first-order chi connectivity index (χ1) is 9.17. The van der Waals surface area contributed by atoms with Gasteiger partial charge in [-0.2, -0.15) is 0 Å². The molecular formula is C18H33F. The van der Waals surface area contributed by atoms with Crippen molar-refractivity contribution < 1.29 is 4.39 Å². The number of hydrogen-bond donors (Lipinski definition) is 0. The minimum atomic E-state index is -0.801. The number of rotatable bonds is 5. The van der Waals surface area contributed by atoms with E-state index in [2.05, 4.69) is 13.8 Å². The smallest absolute Gasteiger partial charge is 0.111 e. The predicted octanol–water partition coefficient (Wildman–Crippen LogP) is 6.29. The van der Waals surface area contributed by atoms with Crippen LogP contribution in [0.3, 0.4) is 0 Å². The molecule has 2 aliphatic rings. The van der Waals surface area contributed by atoms with E-state index in [1.54, 1.807) is 0 Å². The Morgan fingerprint density at radius 3 is 1.95 bits per heavy atom. The van der Waals surface area contributed by atoms with E-state index >= 15 is 0 Å². The second-order valence-electron chi connectivity index (χ2n) is 7.31. The Morgan fingerprint density at radius 2 is 1.42 bits per heavy atom. The minimum Gasteiger partial charge on any atom is -0.244 e.